The molecule has 0 atom stereocenters. The van der Waals surface area contributed by atoms with Crippen molar-refractivity contribution in [2.24, 2.45) is 0 Å². The molecular weight excluding hydrogens is 256 g/mol. The molecule has 1 N–H and O–H groups in total. The van der Waals surface area contributed by atoms with E-state index < -0.39 is 11.6 Å². The molecule has 2 aromatic carbocycles. The van der Waals surface area contributed by atoms with E-state index in [0.717, 1.165) is 36.7 Å². The van der Waals surface area contributed by atoms with Crippen LogP contribution in [0.1, 0.15) is 24.5 Å². The highest BCUT2D eigenvalue weighted by Gasteiger charge is 2.09. The summed E-state index contributed by atoms with van der Waals surface area (Å²) in [5.74, 6) is -1.07. The molecule has 0 aliphatic heterocycles. The number of nitrogens with one attached hydrogen (secondary N) is 1. The Hall–Kier alpha value is -1.74. The highest BCUT2D eigenvalue weighted by atomic mass is 19.1. The summed E-state index contributed by atoms with van der Waals surface area (Å²) in [6.07, 6.45) is 1.10. The maximum atomic E-state index is 13.8. The molecule has 3 heteroatoms. The number of hydrogen-bond acceptors (Lipinski definition) is 1. The minimum atomic E-state index is -0.552. The van der Waals surface area contributed by atoms with E-state index in [1.807, 2.05) is 25.1 Å². The topological polar surface area (TPSA) is 12.0 Å². The summed E-state index contributed by atoms with van der Waals surface area (Å²) in [4.78, 5) is 0. The third-order valence-corrected chi connectivity index (χ3v) is 3.27. The largest absolute Gasteiger partial charge is 0.313 e. The van der Waals surface area contributed by atoms with Gasteiger partial charge in [-0.1, -0.05) is 25.1 Å². The van der Waals surface area contributed by atoms with Gasteiger partial charge in [0.25, 0.3) is 0 Å². The van der Waals surface area contributed by atoms with E-state index in [9.17, 15) is 8.78 Å². The Labute approximate surface area is 118 Å². The molecule has 0 fully saturated rings. The Bertz CT molecular complexity index is 594. The predicted molar refractivity (Wildman–Crippen MR) is 78.5 cm³/mol. The summed E-state index contributed by atoms with van der Waals surface area (Å²) in [6.45, 7) is 5.86. The van der Waals surface area contributed by atoms with Crippen LogP contribution < -0.4 is 5.32 Å². The zero-order valence-corrected chi connectivity index (χ0v) is 11.8. The Kier molecular flexibility index (Phi) is 4.85. The summed E-state index contributed by atoms with van der Waals surface area (Å²) < 4.78 is 26.8. The van der Waals surface area contributed by atoms with Gasteiger partial charge in [-0.2, -0.15) is 0 Å². The average molecular weight is 275 g/mol. The van der Waals surface area contributed by atoms with Crippen molar-refractivity contribution in [2.75, 3.05) is 6.54 Å². The summed E-state index contributed by atoms with van der Waals surface area (Å²) in [5.41, 5.74) is 3.41. The molecule has 0 heterocycles. The third kappa shape index (κ3) is 3.42. The van der Waals surface area contributed by atoms with Crippen molar-refractivity contribution in [3.05, 3.63) is 59.2 Å². The first kappa shape index (κ1) is 14.7. The summed E-state index contributed by atoms with van der Waals surface area (Å²) in [5, 5.41) is 3.33. The molecule has 0 saturated heterocycles. The van der Waals surface area contributed by atoms with Crippen LogP contribution in [0.25, 0.3) is 11.1 Å². The van der Waals surface area contributed by atoms with Gasteiger partial charge < -0.3 is 5.32 Å². The Morgan fingerprint density at radius 2 is 1.75 bits per heavy atom. The first-order chi connectivity index (χ1) is 9.61. The molecule has 0 bridgehead atoms. The van der Waals surface area contributed by atoms with Crippen LogP contribution in [0.15, 0.2) is 36.4 Å². The molecule has 0 unspecified atom stereocenters. The molecule has 0 spiro atoms. The highest BCUT2D eigenvalue weighted by molar-refractivity contribution is 5.68. The first-order valence-corrected chi connectivity index (χ1v) is 6.87. The summed E-state index contributed by atoms with van der Waals surface area (Å²) in [6, 6.07) is 9.62. The molecule has 0 aliphatic rings. The standard InChI is InChI=1S/C17H19F2N/c1-3-8-20-11-13-4-6-15(12(2)9-13)16-7-5-14(18)10-17(16)19/h4-7,9-10,20H,3,8,11H2,1-2H3. The predicted octanol–water partition coefficient (Wildman–Crippen LogP) is 4.44. The number of halogens is 2. The van der Waals surface area contributed by atoms with Crippen molar-refractivity contribution in [1.82, 2.24) is 5.32 Å². The zero-order valence-electron chi connectivity index (χ0n) is 11.8. The molecule has 0 amide bonds. The first-order valence-electron chi connectivity index (χ1n) is 6.87. The van der Waals surface area contributed by atoms with E-state index in [-0.39, 0.29) is 0 Å². The van der Waals surface area contributed by atoms with Crippen LogP contribution >= 0.6 is 0 Å². The number of aryl methyl sites for hydroxylation is 1. The monoisotopic (exact) mass is 275 g/mol. The lowest BCUT2D eigenvalue weighted by molar-refractivity contribution is 0.585. The van der Waals surface area contributed by atoms with Gasteiger partial charge in [0.2, 0.25) is 0 Å². The van der Waals surface area contributed by atoms with Gasteiger partial charge in [-0.3, -0.25) is 0 Å². The van der Waals surface area contributed by atoms with E-state index >= 15 is 0 Å². The molecule has 2 aromatic rings. The van der Waals surface area contributed by atoms with E-state index in [2.05, 4.69) is 12.2 Å². The lowest BCUT2D eigenvalue weighted by Crippen LogP contribution is -2.13. The van der Waals surface area contributed by atoms with Gasteiger partial charge in [0, 0.05) is 18.2 Å². The Morgan fingerprint density at radius 1 is 1.00 bits per heavy atom. The maximum Gasteiger partial charge on any atom is 0.133 e. The van der Waals surface area contributed by atoms with E-state index in [1.54, 1.807) is 0 Å². The number of rotatable bonds is 5. The van der Waals surface area contributed by atoms with Crippen molar-refractivity contribution < 1.29 is 8.78 Å². The maximum absolute atomic E-state index is 13.8. The van der Waals surface area contributed by atoms with E-state index in [0.29, 0.717) is 5.56 Å². The fraction of sp³-hybridized carbons (Fsp3) is 0.294. The summed E-state index contributed by atoms with van der Waals surface area (Å²) in [7, 11) is 0. The highest BCUT2D eigenvalue weighted by Crippen LogP contribution is 2.27. The van der Waals surface area contributed by atoms with Crippen molar-refractivity contribution in [2.45, 2.75) is 26.8 Å². The van der Waals surface area contributed by atoms with Crippen molar-refractivity contribution in [3.63, 3.8) is 0 Å². The zero-order chi connectivity index (χ0) is 14.5. The van der Waals surface area contributed by atoms with Crippen molar-refractivity contribution >= 4 is 0 Å². The van der Waals surface area contributed by atoms with Gasteiger partial charge in [0.05, 0.1) is 0 Å². The molecule has 20 heavy (non-hydrogen) atoms. The SMILES string of the molecule is CCCNCc1ccc(-c2ccc(F)cc2F)c(C)c1. The van der Waals surface area contributed by atoms with Gasteiger partial charge in [-0.05, 0) is 48.7 Å². The quantitative estimate of drug-likeness (QED) is 0.795. The normalized spacial score (nSPS) is 10.8. The molecule has 0 aromatic heterocycles. The van der Waals surface area contributed by atoms with Crippen LogP contribution in [0, 0.1) is 18.6 Å². The minimum absolute atomic E-state index is 0.442. The Balaban J connectivity index is 2.25. The Morgan fingerprint density at radius 3 is 2.40 bits per heavy atom. The second-order valence-corrected chi connectivity index (χ2v) is 4.95. The van der Waals surface area contributed by atoms with E-state index in [4.69, 9.17) is 0 Å². The van der Waals surface area contributed by atoms with Crippen LogP contribution in [0.2, 0.25) is 0 Å². The number of benzene rings is 2. The summed E-state index contributed by atoms with van der Waals surface area (Å²) >= 11 is 0. The lowest BCUT2D eigenvalue weighted by Gasteiger charge is -2.10. The van der Waals surface area contributed by atoms with Crippen LogP contribution in [0.3, 0.4) is 0 Å². The molecule has 106 valence electrons. The van der Waals surface area contributed by atoms with Crippen molar-refractivity contribution in [3.8, 4) is 11.1 Å². The second kappa shape index (κ2) is 6.62. The smallest absolute Gasteiger partial charge is 0.133 e. The molecule has 0 saturated carbocycles. The third-order valence-electron chi connectivity index (χ3n) is 3.27. The van der Waals surface area contributed by atoms with Crippen LogP contribution in [0.4, 0.5) is 8.78 Å². The molecule has 0 radical (unpaired) electrons. The van der Waals surface area contributed by atoms with Gasteiger partial charge >= 0.3 is 0 Å². The van der Waals surface area contributed by atoms with Crippen LogP contribution in [-0.2, 0) is 6.54 Å². The average Bonchev–Trinajstić information content (AvgIpc) is 2.40. The fourth-order valence-corrected chi connectivity index (χ4v) is 2.26. The molecule has 0 aliphatic carbocycles. The number of hydrogen-bond donors (Lipinski definition) is 1. The van der Waals surface area contributed by atoms with Gasteiger partial charge in [-0.25, -0.2) is 8.78 Å². The van der Waals surface area contributed by atoms with Crippen LogP contribution in [-0.4, -0.2) is 6.54 Å². The van der Waals surface area contributed by atoms with Crippen LogP contribution in [0.5, 0.6) is 0 Å². The molecular formula is C17H19F2N. The second-order valence-electron chi connectivity index (χ2n) is 4.95. The van der Waals surface area contributed by atoms with Gasteiger partial charge in [0.15, 0.2) is 0 Å². The van der Waals surface area contributed by atoms with E-state index in [1.165, 1.54) is 17.7 Å². The molecule has 2 rings (SSSR count). The molecule has 1 nitrogen and oxygen atoms in total. The minimum Gasteiger partial charge on any atom is -0.313 e. The van der Waals surface area contributed by atoms with Crippen molar-refractivity contribution in [1.29, 1.82) is 0 Å². The van der Waals surface area contributed by atoms with Gasteiger partial charge in [-0.15, -0.1) is 0 Å². The lowest BCUT2D eigenvalue weighted by atomic mass is 9.98. The fourth-order valence-electron chi connectivity index (χ4n) is 2.26. The van der Waals surface area contributed by atoms with Gasteiger partial charge in [0.1, 0.15) is 11.6 Å².